The van der Waals surface area contributed by atoms with Crippen molar-refractivity contribution in [2.75, 3.05) is 11.1 Å². The van der Waals surface area contributed by atoms with Crippen molar-refractivity contribution in [1.82, 2.24) is 0 Å². The first-order chi connectivity index (χ1) is 7.22. The monoisotopic (exact) mass is 217 g/mol. The van der Waals surface area contributed by atoms with E-state index in [4.69, 9.17) is 0 Å². The Hall–Kier alpha value is -1.73. The van der Waals surface area contributed by atoms with Crippen LogP contribution in [0, 0.1) is 11.8 Å². The number of Topliss-reactive ketones (excluding diaryl/α,β-unsaturated/α-hetero) is 1. The summed E-state index contributed by atoms with van der Waals surface area (Å²) in [6.07, 6.45) is 0. The second-order valence-electron chi connectivity index (χ2n) is 3.00. The Balaban J connectivity index is 2.42. The number of amides is 1. The molecule has 1 aliphatic heterocycles. The minimum absolute atomic E-state index is 0.413. The molecule has 0 aliphatic carbocycles. The third-order valence-corrected chi connectivity index (χ3v) is 2.19. The number of carbonyl (C=O) groups is 2. The summed E-state index contributed by atoms with van der Waals surface area (Å²) in [4.78, 5) is 22.3. The first-order valence-corrected chi connectivity index (χ1v) is 4.95. The number of rotatable bonds is 0. The Kier molecular flexibility index (Phi) is 2.48. The maximum Gasteiger partial charge on any atom is 0.296 e. The highest BCUT2D eigenvalue weighted by Crippen LogP contribution is 2.23. The molecule has 15 heavy (non-hydrogen) atoms. The van der Waals surface area contributed by atoms with Crippen LogP contribution in [0.3, 0.4) is 0 Å². The summed E-state index contributed by atoms with van der Waals surface area (Å²) < 4.78 is 0. The molecule has 1 N–H and O–H groups in total. The van der Waals surface area contributed by atoms with Crippen molar-refractivity contribution in [2.45, 2.75) is 0 Å². The number of hydrogen-bond donors (Lipinski definition) is 2. The lowest BCUT2D eigenvalue weighted by Gasteiger charge is -1.96. The molecule has 0 saturated heterocycles. The molecular weight excluding hydrogens is 210 g/mol. The smallest absolute Gasteiger partial charge is 0.296 e. The maximum atomic E-state index is 11.3. The van der Waals surface area contributed by atoms with Gasteiger partial charge in [0.15, 0.2) is 0 Å². The van der Waals surface area contributed by atoms with E-state index in [-0.39, 0.29) is 0 Å². The number of thiol groups is 1. The van der Waals surface area contributed by atoms with Gasteiger partial charge in [-0.3, -0.25) is 9.59 Å². The van der Waals surface area contributed by atoms with Gasteiger partial charge < -0.3 is 5.32 Å². The molecule has 2 rings (SSSR count). The van der Waals surface area contributed by atoms with E-state index < -0.39 is 11.7 Å². The number of anilines is 1. The van der Waals surface area contributed by atoms with E-state index in [0.29, 0.717) is 17.0 Å². The zero-order valence-corrected chi connectivity index (χ0v) is 8.60. The quantitative estimate of drug-likeness (QED) is 0.388. The van der Waals surface area contributed by atoms with E-state index in [1.807, 2.05) is 0 Å². The Morgan fingerprint density at radius 1 is 1.33 bits per heavy atom. The summed E-state index contributed by atoms with van der Waals surface area (Å²) in [7, 11) is 0. The van der Waals surface area contributed by atoms with Crippen LogP contribution in [0.2, 0.25) is 0 Å². The molecule has 1 aromatic rings. The first kappa shape index (κ1) is 9.81. The summed E-state index contributed by atoms with van der Waals surface area (Å²) in [5.41, 5.74) is 1.71. The standard InChI is InChI=1S/C11H7NO2S/c13-10-8-4-3-7(2-1-5-15)6-9(8)12-11(10)14/h3-4,6,15H,5H2,(H,12,13,14). The van der Waals surface area contributed by atoms with Crippen LogP contribution in [-0.4, -0.2) is 17.4 Å². The van der Waals surface area contributed by atoms with Crippen molar-refractivity contribution in [3.63, 3.8) is 0 Å². The second-order valence-corrected chi connectivity index (χ2v) is 3.32. The van der Waals surface area contributed by atoms with Crippen LogP contribution in [0.1, 0.15) is 15.9 Å². The lowest BCUT2D eigenvalue weighted by Crippen LogP contribution is -2.12. The fourth-order valence-electron chi connectivity index (χ4n) is 1.37. The van der Waals surface area contributed by atoms with Crippen LogP contribution >= 0.6 is 12.6 Å². The minimum atomic E-state index is -0.579. The molecule has 0 atom stereocenters. The van der Waals surface area contributed by atoms with E-state index in [0.717, 1.165) is 5.56 Å². The number of ketones is 1. The highest BCUT2D eigenvalue weighted by molar-refractivity contribution is 7.80. The third kappa shape index (κ3) is 1.74. The number of nitrogens with one attached hydrogen (secondary N) is 1. The van der Waals surface area contributed by atoms with Gasteiger partial charge in [-0.25, -0.2) is 0 Å². The molecule has 74 valence electrons. The molecule has 0 aromatic heterocycles. The van der Waals surface area contributed by atoms with Crippen LogP contribution in [0.25, 0.3) is 0 Å². The van der Waals surface area contributed by atoms with Crippen molar-refractivity contribution in [3.05, 3.63) is 29.3 Å². The van der Waals surface area contributed by atoms with Gasteiger partial charge in [-0.15, -0.1) is 0 Å². The predicted octanol–water partition coefficient (Wildman–Crippen LogP) is 1.10. The lowest BCUT2D eigenvalue weighted by atomic mass is 10.1. The molecule has 0 unspecified atom stereocenters. The lowest BCUT2D eigenvalue weighted by molar-refractivity contribution is -0.112. The van der Waals surface area contributed by atoms with Gasteiger partial charge in [0.05, 0.1) is 17.0 Å². The second kappa shape index (κ2) is 3.79. The van der Waals surface area contributed by atoms with Gasteiger partial charge in [0, 0.05) is 5.56 Å². The molecule has 0 spiro atoms. The highest BCUT2D eigenvalue weighted by atomic mass is 32.1. The van der Waals surface area contributed by atoms with Crippen LogP contribution in [0.15, 0.2) is 18.2 Å². The van der Waals surface area contributed by atoms with Gasteiger partial charge in [-0.05, 0) is 18.2 Å². The van der Waals surface area contributed by atoms with E-state index >= 15 is 0 Å². The van der Waals surface area contributed by atoms with E-state index in [1.54, 1.807) is 18.2 Å². The van der Waals surface area contributed by atoms with Crippen LogP contribution in [0.4, 0.5) is 5.69 Å². The molecule has 4 heteroatoms. The van der Waals surface area contributed by atoms with Crippen molar-refractivity contribution in [1.29, 1.82) is 0 Å². The predicted molar refractivity (Wildman–Crippen MR) is 60.1 cm³/mol. The molecule has 1 aliphatic rings. The van der Waals surface area contributed by atoms with Gasteiger partial charge >= 0.3 is 0 Å². The fourth-order valence-corrected chi connectivity index (χ4v) is 1.45. The zero-order chi connectivity index (χ0) is 10.8. The minimum Gasteiger partial charge on any atom is -0.318 e. The van der Waals surface area contributed by atoms with Gasteiger partial charge in [-0.2, -0.15) is 12.6 Å². The summed E-state index contributed by atoms with van der Waals surface area (Å²) in [5, 5.41) is 2.49. The van der Waals surface area contributed by atoms with E-state index in [2.05, 4.69) is 29.8 Å². The molecule has 0 bridgehead atoms. The molecule has 0 radical (unpaired) electrons. The average molecular weight is 217 g/mol. The Morgan fingerprint density at radius 2 is 2.13 bits per heavy atom. The van der Waals surface area contributed by atoms with Gasteiger partial charge in [-0.1, -0.05) is 11.8 Å². The maximum absolute atomic E-state index is 11.3. The van der Waals surface area contributed by atoms with Crippen LogP contribution in [0.5, 0.6) is 0 Å². The van der Waals surface area contributed by atoms with Crippen molar-refractivity contribution in [3.8, 4) is 11.8 Å². The summed E-state index contributed by atoms with van der Waals surface area (Å²) in [5.74, 6) is 5.07. The van der Waals surface area contributed by atoms with Crippen LogP contribution in [-0.2, 0) is 4.79 Å². The molecular formula is C11H7NO2S. The molecule has 1 aromatic carbocycles. The third-order valence-electron chi connectivity index (χ3n) is 2.03. The molecule has 0 saturated carbocycles. The summed E-state index contributed by atoms with van der Waals surface area (Å²) >= 11 is 3.96. The van der Waals surface area contributed by atoms with Gasteiger partial charge in [0.1, 0.15) is 0 Å². The largest absolute Gasteiger partial charge is 0.318 e. The molecule has 0 fully saturated rings. The van der Waals surface area contributed by atoms with Crippen molar-refractivity contribution >= 4 is 30.0 Å². The van der Waals surface area contributed by atoms with Crippen LogP contribution < -0.4 is 5.32 Å². The topological polar surface area (TPSA) is 46.2 Å². The van der Waals surface area contributed by atoms with Crippen molar-refractivity contribution in [2.24, 2.45) is 0 Å². The fraction of sp³-hybridized carbons (Fsp3) is 0.0909. The molecule has 1 heterocycles. The summed E-state index contributed by atoms with van der Waals surface area (Å²) in [6.45, 7) is 0. The number of carbonyl (C=O) groups excluding carboxylic acids is 2. The van der Waals surface area contributed by atoms with E-state index in [9.17, 15) is 9.59 Å². The summed E-state index contributed by atoms with van der Waals surface area (Å²) in [6, 6.07) is 5.01. The first-order valence-electron chi connectivity index (χ1n) is 4.32. The number of hydrogen-bond acceptors (Lipinski definition) is 3. The molecule has 1 amide bonds. The number of fused-ring (bicyclic) bond motifs is 1. The number of benzene rings is 1. The average Bonchev–Trinajstić information content (AvgIpc) is 2.52. The Morgan fingerprint density at radius 3 is 2.87 bits per heavy atom. The van der Waals surface area contributed by atoms with Crippen molar-refractivity contribution < 1.29 is 9.59 Å². The van der Waals surface area contributed by atoms with E-state index in [1.165, 1.54) is 0 Å². The SMILES string of the molecule is O=C1Nc2cc(C#CCS)ccc2C1=O. The Bertz CT molecular complexity index is 511. The highest BCUT2D eigenvalue weighted by Gasteiger charge is 2.27. The van der Waals surface area contributed by atoms with Gasteiger partial charge in [0.25, 0.3) is 11.7 Å². The zero-order valence-electron chi connectivity index (χ0n) is 7.70. The van der Waals surface area contributed by atoms with Gasteiger partial charge in [0.2, 0.25) is 0 Å². The normalized spacial score (nSPS) is 12.9. The Labute approximate surface area is 92.3 Å². The molecule has 3 nitrogen and oxygen atoms in total.